The van der Waals surface area contributed by atoms with Crippen LogP contribution in [0.15, 0.2) is 4.52 Å². The SMILES string of the molecule is CCCNC(=S)NC(C)c1c(C)noc1C. The summed E-state index contributed by atoms with van der Waals surface area (Å²) in [5, 5.41) is 11.0. The van der Waals surface area contributed by atoms with Gasteiger partial charge in [0.15, 0.2) is 5.11 Å². The van der Waals surface area contributed by atoms with Crippen molar-refractivity contribution in [2.75, 3.05) is 6.54 Å². The number of rotatable bonds is 4. The standard InChI is InChI=1S/C11H19N3OS/c1-5-6-12-11(16)13-7(2)10-8(3)14-15-9(10)4/h7H,5-6H2,1-4H3,(H2,12,13,16). The number of hydrogen-bond acceptors (Lipinski definition) is 3. The molecule has 1 aromatic rings. The van der Waals surface area contributed by atoms with Crippen molar-refractivity contribution in [3.63, 3.8) is 0 Å². The van der Waals surface area contributed by atoms with E-state index in [0.29, 0.717) is 5.11 Å². The highest BCUT2D eigenvalue weighted by atomic mass is 32.1. The lowest BCUT2D eigenvalue weighted by atomic mass is 10.1. The van der Waals surface area contributed by atoms with Crippen LogP contribution in [0.5, 0.6) is 0 Å². The first kappa shape index (κ1) is 13.0. The first-order valence-corrected chi connectivity index (χ1v) is 5.94. The number of hydrogen-bond donors (Lipinski definition) is 2. The monoisotopic (exact) mass is 241 g/mol. The maximum Gasteiger partial charge on any atom is 0.166 e. The zero-order chi connectivity index (χ0) is 12.1. The van der Waals surface area contributed by atoms with Gasteiger partial charge in [0.25, 0.3) is 0 Å². The second kappa shape index (κ2) is 5.84. The summed E-state index contributed by atoms with van der Waals surface area (Å²) in [7, 11) is 0. The molecule has 0 saturated carbocycles. The predicted molar refractivity (Wildman–Crippen MR) is 68.4 cm³/mol. The molecule has 5 heteroatoms. The van der Waals surface area contributed by atoms with Crippen LogP contribution in [0.1, 0.15) is 43.3 Å². The van der Waals surface area contributed by atoms with Crippen molar-refractivity contribution in [3.05, 3.63) is 17.0 Å². The van der Waals surface area contributed by atoms with Crippen LogP contribution < -0.4 is 10.6 Å². The quantitative estimate of drug-likeness (QED) is 0.792. The Hall–Kier alpha value is -1.10. The van der Waals surface area contributed by atoms with Gasteiger partial charge >= 0.3 is 0 Å². The first-order chi connectivity index (χ1) is 7.56. The number of nitrogens with zero attached hydrogens (tertiary/aromatic N) is 1. The lowest BCUT2D eigenvalue weighted by Crippen LogP contribution is -2.37. The topological polar surface area (TPSA) is 50.1 Å². The van der Waals surface area contributed by atoms with Crippen molar-refractivity contribution < 1.29 is 4.52 Å². The molecule has 0 spiro atoms. The Morgan fingerprint density at radius 3 is 2.69 bits per heavy atom. The van der Waals surface area contributed by atoms with Crippen LogP contribution in [0.3, 0.4) is 0 Å². The molecule has 90 valence electrons. The van der Waals surface area contributed by atoms with Gasteiger partial charge in [-0.05, 0) is 39.4 Å². The molecule has 0 amide bonds. The molecular formula is C11H19N3OS. The molecule has 1 heterocycles. The minimum Gasteiger partial charge on any atom is -0.363 e. The van der Waals surface area contributed by atoms with E-state index in [0.717, 1.165) is 30.0 Å². The first-order valence-electron chi connectivity index (χ1n) is 5.53. The van der Waals surface area contributed by atoms with E-state index in [1.165, 1.54) is 0 Å². The Labute approximate surface area is 102 Å². The molecule has 1 rings (SSSR count). The molecule has 0 aliphatic carbocycles. The average Bonchev–Trinajstić information content (AvgIpc) is 2.55. The van der Waals surface area contributed by atoms with Crippen molar-refractivity contribution in [2.24, 2.45) is 0 Å². The van der Waals surface area contributed by atoms with E-state index in [1.807, 2.05) is 20.8 Å². The molecular weight excluding hydrogens is 222 g/mol. The molecule has 0 aliphatic rings. The summed E-state index contributed by atoms with van der Waals surface area (Å²) in [6, 6.07) is 0.114. The van der Waals surface area contributed by atoms with Crippen molar-refractivity contribution in [1.29, 1.82) is 0 Å². The van der Waals surface area contributed by atoms with Crippen LogP contribution in [0.2, 0.25) is 0 Å². The van der Waals surface area contributed by atoms with Gasteiger partial charge in [0, 0.05) is 12.1 Å². The van der Waals surface area contributed by atoms with Gasteiger partial charge in [0.2, 0.25) is 0 Å². The largest absolute Gasteiger partial charge is 0.363 e. The van der Waals surface area contributed by atoms with E-state index in [9.17, 15) is 0 Å². The van der Waals surface area contributed by atoms with Gasteiger partial charge in [-0.3, -0.25) is 0 Å². The average molecular weight is 241 g/mol. The fourth-order valence-corrected chi connectivity index (χ4v) is 1.95. The molecule has 0 bridgehead atoms. The van der Waals surface area contributed by atoms with Crippen molar-refractivity contribution >= 4 is 17.3 Å². The molecule has 16 heavy (non-hydrogen) atoms. The van der Waals surface area contributed by atoms with Crippen molar-refractivity contribution in [2.45, 2.75) is 40.2 Å². The Bertz CT molecular complexity index is 343. The van der Waals surface area contributed by atoms with Gasteiger partial charge in [-0.2, -0.15) is 0 Å². The molecule has 0 radical (unpaired) electrons. The molecule has 1 atom stereocenters. The van der Waals surface area contributed by atoms with Gasteiger partial charge < -0.3 is 15.2 Å². The minimum absolute atomic E-state index is 0.114. The molecule has 4 nitrogen and oxygen atoms in total. The van der Waals surface area contributed by atoms with Gasteiger partial charge in [0.05, 0.1) is 11.7 Å². The van der Waals surface area contributed by atoms with Gasteiger partial charge in [0.1, 0.15) is 5.76 Å². The zero-order valence-electron chi connectivity index (χ0n) is 10.3. The Balaban J connectivity index is 2.58. The van der Waals surface area contributed by atoms with Gasteiger partial charge in [-0.1, -0.05) is 12.1 Å². The lowest BCUT2D eigenvalue weighted by Gasteiger charge is -2.16. The van der Waals surface area contributed by atoms with E-state index in [2.05, 4.69) is 22.7 Å². The van der Waals surface area contributed by atoms with Crippen LogP contribution in [0, 0.1) is 13.8 Å². The second-order valence-electron chi connectivity index (χ2n) is 3.86. The molecule has 0 fully saturated rings. The highest BCUT2D eigenvalue weighted by Crippen LogP contribution is 2.20. The molecule has 0 aromatic carbocycles. The third-order valence-corrected chi connectivity index (χ3v) is 2.67. The summed E-state index contributed by atoms with van der Waals surface area (Å²) in [6.07, 6.45) is 1.06. The van der Waals surface area contributed by atoms with Crippen LogP contribution in [-0.4, -0.2) is 16.8 Å². The summed E-state index contributed by atoms with van der Waals surface area (Å²) in [5.74, 6) is 0.843. The third-order valence-electron chi connectivity index (χ3n) is 2.40. The number of nitrogens with one attached hydrogen (secondary N) is 2. The summed E-state index contributed by atoms with van der Waals surface area (Å²) in [5.41, 5.74) is 2.00. The van der Waals surface area contributed by atoms with Gasteiger partial charge in [-0.15, -0.1) is 0 Å². The molecule has 0 saturated heterocycles. The van der Waals surface area contributed by atoms with E-state index >= 15 is 0 Å². The van der Waals surface area contributed by atoms with Gasteiger partial charge in [-0.25, -0.2) is 0 Å². The predicted octanol–water partition coefficient (Wildman–Crippen LogP) is 2.23. The fourth-order valence-electron chi connectivity index (χ4n) is 1.67. The Morgan fingerprint density at radius 2 is 2.19 bits per heavy atom. The highest BCUT2D eigenvalue weighted by Gasteiger charge is 2.16. The zero-order valence-corrected chi connectivity index (χ0v) is 11.1. The fraction of sp³-hybridized carbons (Fsp3) is 0.636. The van der Waals surface area contributed by atoms with Crippen LogP contribution >= 0.6 is 12.2 Å². The molecule has 0 aliphatic heterocycles. The lowest BCUT2D eigenvalue weighted by molar-refractivity contribution is 0.391. The summed E-state index contributed by atoms with van der Waals surface area (Å²) in [6.45, 7) is 8.89. The number of aryl methyl sites for hydroxylation is 2. The summed E-state index contributed by atoms with van der Waals surface area (Å²) < 4.78 is 5.13. The highest BCUT2D eigenvalue weighted by molar-refractivity contribution is 7.80. The van der Waals surface area contributed by atoms with E-state index in [4.69, 9.17) is 16.7 Å². The molecule has 1 unspecified atom stereocenters. The normalized spacial score (nSPS) is 12.2. The van der Waals surface area contributed by atoms with E-state index in [-0.39, 0.29) is 6.04 Å². The molecule has 1 aromatic heterocycles. The van der Waals surface area contributed by atoms with Crippen LogP contribution in [-0.2, 0) is 0 Å². The van der Waals surface area contributed by atoms with Crippen molar-refractivity contribution in [1.82, 2.24) is 15.8 Å². The Kier molecular flexibility index (Phi) is 4.73. The maximum absolute atomic E-state index is 5.18. The third kappa shape index (κ3) is 3.20. The van der Waals surface area contributed by atoms with E-state index < -0.39 is 0 Å². The van der Waals surface area contributed by atoms with Crippen LogP contribution in [0.4, 0.5) is 0 Å². The molecule has 2 N–H and O–H groups in total. The van der Waals surface area contributed by atoms with E-state index in [1.54, 1.807) is 0 Å². The maximum atomic E-state index is 5.18. The van der Waals surface area contributed by atoms with Crippen molar-refractivity contribution in [3.8, 4) is 0 Å². The number of aromatic nitrogens is 1. The Morgan fingerprint density at radius 1 is 1.50 bits per heavy atom. The van der Waals surface area contributed by atoms with Crippen LogP contribution in [0.25, 0.3) is 0 Å². The smallest absolute Gasteiger partial charge is 0.166 e. The minimum atomic E-state index is 0.114. The second-order valence-corrected chi connectivity index (χ2v) is 4.27. The summed E-state index contributed by atoms with van der Waals surface area (Å²) in [4.78, 5) is 0. The number of thiocarbonyl (C=S) groups is 1. The summed E-state index contributed by atoms with van der Waals surface area (Å²) >= 11 is 5.18.